The van der Waals surface area contributed by atoms with Gasteiger partial charge in [-0.05, 0) is 24.3 Å². The van der Waals surface area contributed by atoms with E-state index in [0.717, 1.165) is 10.6 Å². The summed E-state index contributed by atoms with van der Waals surface area (Å²) in [4.78, 5) is 30.5. The van der Waals surface area contributed by atoms with Gasteiger partial charge in [-0.25, -0.2) is 9.78 Å². The lowest BCUT2D eigenvalue weighted by Gasteiger charge is -2.11. The molecule has 3 aromatic carbocycles. The molecule has 0 aliphatic rings. The van der Waals surface area contributed by atoms with E-state index in [0.29, 0.717) is 33.3 Å². The second-order valence-corrected chi connectivity index (χ2v) is 9.36. The van der Waals surface area contributed by atoms with Crippen molar-refractivity contribution in [2.24, 2.45) is 0 Å². The number of hydrogen-bond donors (Lipinski definition) is 1. The fraction of sp³-hybridized carbons (Fsp3) is 0.148. The highest BCUT2D eigenvalue weighted by Gasteiger charge is 2.16. The van der Waals surface area contributed by atoms with Gasteiger partial charge in [0.05, 0.1) is 31.2 Å². The number of rotatable bonds is 10. The molecule has 7 nitrogen and oxygen atoms in total. The molecule has 9 heteroatoms. The number of hydrogen-bond acceptors (Lipinski definition) is 8. The van der Waals surface area contributed by atoms with E-state index in [-0.39, 0.29) is 18.3 Å². The van der Waals surface area contributed by atoms with E-state index in [1.54, 1.807) is 43.5 Å². The van der Waals surface area contributed by atoms with E-state index >= 15 is 0 Å². The zero-order valence-electron chi connectivity index (χ0n) is 19.7. The average Bonchev–Trinajstić information content (AvgIpc) is 3.40. The van der Waals surface area contributed by atoms with Crippen LogP contribution in [0.5, 0.6) is 11.5 Å². The predicted molar refractivity (Wildman–Crippen MR) is 142 cm³/mol. The molecule has 36 heavy (non-hydrogen) atoms. The number of thiazole rings is 1. The Morgan fingerprint density at radius 2 is 1.69 bits per heavy atom. The second kappa shape index (κ2) is 12.2. The Balaban J connectivity index is 1.34. The lowest BCUT2D eigenvalue weighted by atomic mass is 10.2. The molecule has 0 unspecified atom stereocenters. The molecular formula is C27H24N2O5S2. The summed E-state index contributed by atoms with van der Waals surface area (Å²) in [6, 6.07) is 22.1. The number of ether oxygens (including phenoxy) is 3. The lowest BCUT2D eigenvalue weighted by molar-refractivity contribution is -0.113. The minimum atomic E-state index is -0.465. The molecule has 1 aromatic heterocycles. The van der Waals surface area contributed by atoms with Crippen molar-refractivity contribution in [2.45, 2.75) is 11.5 Å². The van der Waals surface area contributed by atoms with Crippen LogP contribution >= 0.6 is 23.1 Å². The molecule has 0 aliphatic carbocycles. The van der Waals surface area contributed by atoms with Gasteiger partial charge >= 0.3 is 5.97 Å². The Kier molecular flexibility index (Phi) is 8.59. The third-order valence-electron chi connectivity index (χ3n) is 5.06. The van der Waals surface area contributed by atoms with Crippen LogP contribution in [0.3, 0.4) is 0 Å². The van der Waals surface area contributed by atoms with Crippen LogP contribution in [0.15, 0.2) is 83.1 Å². The zero-order chi connectivity index (χ0) is 25.3. The third kappa shape index (κ3) is 6.44. The third-order valence-corrected chi connectivity index (χ3v) is 7.07. The summed E-state index contributed by atoms with van der Waals surface area (Å²) < 4.78 is 16.0. The van der Waals surface area contributed by atoms with Gasteiger partial charge in [0, 0.05) is 27.6 Å². The van der Waals surface area contributed by atoms with Crippen LogP contribution in [-0.2, 0) is 16.1 Å². The number of carbonyl (C=O) groups is 2. The molecule has 1 N–H and O–H groups in total. The monoisotopic (exact) mass is 520 g/mol. The molecule has 0 saturated heterocycles. The largest absolute Gasteiger partial charge is 0.493 e. The molecule has 0 aliphatic heterocycles. The van der Waals surface area contributed by atoms with Gasteiger partial charge < -0.3 is 19.5 Å². The maximum Gasteiger partial charge on any atom is 0.339 e. The lowest BCUT2D eigenvalue weighted by Crippen LogP contribution is -2.14. The van der Waals surface area contributed by atoms with Gasteiger partial charge in [-0.2, -0.15) is 0 Å². The Morgan fingerprint density at radius 1 is 0.944 bits per heavy atom. The van der Waals surface area contributed by atoms with Crippen molar-refractivity contribution >= 4 is 40.7 Å². The maximum absolute atomic E-state index is 12.8. The molecule has 0 saturated carbocycles. The van der Waals surface area contributed by atoms with E-state index in [4.69, 9.17) is 14.2 Å². The summed E-state index contributed by atoms with van der Waals surface area (Å²) in [5.74, 6) is 0.530. The first kappa shape index (κ1) is 25.3. The topological polar surface area (TPSA) is 86.8 Å². The molecule has 0 radical (unpaired) electrons. The van der Waals surface area contributed by atoms with Crippen molar-refractivity contribution in [3.05, 3.63) is 89.4 Å². The van der Waals surface area contributed by atoms with Crippen molar-refractivity contribution < 1.29 is 23.8 Å². The van der Waals surface area contributed by atoms with Crippen molar-refractivity contribution in [3.8, 4) is 22.1 Å². The number of aromatic nitrogens is 1. The van der Waals surface area contributed by atoms with Crippen molar-refractivity contribution in [2.75, 3.05) is 25.3 Å². The standard InChI is InChI=1S/C27H24N2O5S2/c1-32-22-13-12-19(14-23(22)33-2)28-25(30)17-35-24-11-7-6-10-21(24)27(31)34-15-20-16-36-26(29-20)18-8-4-3-5-9-18/h3-14,16H,15,17H2,1-2H3,(H,28,30). The summed E-state index contributed by atoms with van der Waals surface area (Å²) in [7, 11) is 3.08. The Labute approximate surface area is 217 Å². The highest BCUT2D eigenvalue weighted by Crippen LogP contribution is 2.30. The number of methoxy groups -OCH3 is 2. The van der Waals surface area contributed by atoms with Crippen molar-refractivity contribution in [3.63, 3.8) is 0 Å². The molecule has 184 valence electrons. The Bertz CT molecular complexity index is 1340. The summed E-state index contributed by atoms with van der Waals surface area (Å²) in [6.45, 7) is 0.0704. The molecule has 1 heterocycles. The minimum Gasteiger partial charge on any atom is -0.493 e. The molecule has 0 atom stereocenters. The van der Waals surface area contributed by atoms with E-state index < -0.39 is 5.97 Å². The molecular weight excluding hydrogens is 496 g/mol. The maximum atomic E-state index is 12.8. The number of nitrogens with one attached hydrogen (secondary N) is 1. The molecule has 0 fully saturated rings. The van der Waals surface area contributed by atoms with Gasteiger partial charge in [0.25, 0.3) is 0 Å². The number of nitrogens with zero attached hydrogens (tertiary/aromatic N) is 1. The smallest absolute Gasteiger partial charge is 0.339 e. The van der Waals surface area contributed by atoms with Crippen LogP contribution in [0, 0.1) is 0 Å². The number of amides is 1. The van der Waals surface area contributed by atoms with E-state index in [1.165, 1.54) is 30.2 Å². The van der Waals surface area contributed by atoms with Crippen LogP contribution in [0.25, 0.3) is 10.6 Å². The SMILES string of the molecule is COc1ccc(NC(=O)CSc2ccccc2C(=O)OCc2csc(-c3ccccc3)n2)cc1OC. The van der Waals surface area contributed by atoms with Crippen molar-refractivity contribution in [1.29, 1.82) is 0 Å². The fourth-order valence-corrected chi connectivity index (χ4v) is 4.97. The van der Waals surface area contributed by atoms with Gasteiger partial charge in [0.1, 0.15) is 11.6 Å². The Morgan fingerprint density at radius 3 is 2.47 bits per heavy atom. The number of thioether (sulfide) groups is 1. The predicted octanol–water partition coefficient (Wildman–Crippen LogP) is 5.92. The fourth-order valence-electron chi connectivity index (χ4n) is 3.32. The highest BCUT2D eigenvalue weighted by atomic mass is 32.2. The van der Waals surface area contributed by atoms with Crippen LogP contribution < -0.4 is 14.8 Å². The van der Waals surface area contributed by atoms with Gasteiger partial charge in [-0.3, -0.25) is 4.79 Å². The Hall–Kier alpha value is -3.82. The van der Waals surface area contributed by atoms with E-state index in [9.17, 15) is 9.59 Å². The average molecular weight is 521 g/mol. The molecule has 0 spiro atoms. The summed E-state index contributed by atoms with van der Waals surface area (Å²) in [5.41, 5.74) is 2.70. The minimum absolute atomic E-state index is 0.0704. The summed E-state index contributed by atoms with van der Waals surface area (Å²) in [5, 5.41) is 5.59. The molecule has 4 aromatic rings. The van der Waals surface area contributed by atoms with Crippen LogP contribution in [0.4, 0.5) is 5.69 Å². The molecule has 1 amide bonds. The molecule has 0 bridgehead atoms. The van der Waals surface area contributed by atoms with Crippen LogP contribution in [-0.4, -0.2) is 36.8 Å². The zero-order valence-corrected chi connectivity index (χ0v) is 21.4. The van der Waals surface area contributed by atoms with Gasteiger partial charge in [-0.1, -0.05) is 42.5 Å². The first-order valence-corrected chi connectivity index (χ1v) is 12.8. The quantitative estimate of drug-likeness (QED) is 0.205. The number of esters is 1. The second-order valence-electron chi connectivity index (χ2n) is 7.49. The van der Waals surface area contributed by atoms with E-state index in [1.807, 2.05) is 41.8 Å². The summed E-state index contributed by atoms with van der Waals surface area (Å²) >= 11 is 2.76. The highest BCUT2D eigenvalue weighted by molar-refractivity contribution is 8.00. The number of anilines is 1. The van der Waals surface area contributed by atoms with Gasteiger partial charge in [-0.15, -0.1) is 23.1 Å². The number of benzene rings is 3. The first-order chi connectivity index (χ1) is 17.6. The van der Waals surface area contributed by atoms with Crippen molar-refractivity contribution in [1.82, 2.24) is 4.98 Å². The number of carbonyl (C=O) groups excluding carboxylic acids is 2. The molecule has 4 rings (SSSR count). The van der Waals surface area contributed by atoms with Gasteiger partial charge in [0.2, 0.25) is 5.91 Å². The van der Waals surface area contributed by atoms with Gasteiger partial charge in [0.15, 0.2) is 11.5 Å². The normalized spacial score (nSPS) is 10.5. The summed E-state index contributed by atoms with van der Waals surface area (Å²) in [6.07, 6.45) is 0. The van der Waals surface area contributed by atoms with Crippen LogP contribution in [0.1, 0.15) is 16.1 Å². The van der Waals surface area contributed by atoms with Crippen LogP contribution in [0.2, 0.25) is 0 Å². The first-order valence-electron chi connectivity index (χ1n) is 11.0. The van der Waals surface area contributed by atoms with E-state index in [2.05, 4.69) is 10.3 Å².